The van der Waals surface area contributed by atoms with Gasteiger partial charge in [0.1, 0.15) is 11.6 Å². The summed E-state index contributed by atoms with van der Waals surface area (Å²) >= 11 is 0. The van der Waals surface area contributed by atoms with E-state index in [0.717, 1.165) is 22.3 Å². The van der Waals surface area contributed by atoms with Crippen LogP contribution in [0.25, 0.3) is 10.9 Å². The minimum Gasteiger partial charge on any atom is -0.497 e. The van der Waals surface area contributed by atoms with E-state index in [1.807, 2.05) is 43.1 Å². The highest BCUT2D eigenvalue weighted by atomic mass is 32.2. The molecule has 3 aromatic carbocycles. The van der Waals surface area contributed by atoms with Crippen LogP contribution in [-0.4, -0.2) is 42.7 Å². The molecule has 0 aliphatic carbocycles. The van der Waals surface area contributed by atoms with Crippen molar-refractivity contribution in [3.8, 4) is 5.75 Å². The number of hydrogen-bond donors (Lipinski definition) is 3. The maximum atomic E-state index is 12.8. The average molecular weight is 516 g/mol. The van der Waals surface area contributed by atoms with Gasteiger partial charge in [0.25, 0.3) is 10.0 Å². The van der Waals surface area contributed by atoms with E-state index in [2.05, 4.69) is 30.2 Å². The molecule has 0 saturated heterocycles. The third-order valence-corrected chi connectivity index (χ3v) is 7.25. The number of hydrogen-bond acceptors (Lipinski definition) is 8. The lowest BCUT2D eigenvalue weighted by molar-refractivity contribution is 0.414. The number of methoxy groups -OCH3 is 1. The Morgan fingerprint density at radius 3 is 2.54 bits per heavy atom. The zero-order chi connectivity index (χ0) is 26.0. The summed E-state index contributed by atoms with van der Waals surface area (Å²) < 4.78 is 33.3. The highest BCUT2D eigenvalue weighted by Gasteiger charge is 2.15. The Kier molecular flexibility index (Phi) is 6.36. The molecule has 0 bridgehead atoms. The van der Waals surface area contributed by atoms with Crippen molar-refractivity contribution in [3.63, 3.8) is 0 Å². The Morgan fingerprint density at radius 1 is 0.973 bits per heavy atom. The van der Waals surface area contributed by atoms with Crippen LogP contribution in [0.4, 0.5) is 28.8 Å². The minimum absolute atomic E-state index is 0.134. The van der Waals surface area contributed by atoms with E-state index in [1.165, 1.54) is 19.2 Å². The van der Waals surface area contributed by atoms with Gasteiger partial charge in [0.15, 0.2) is 0 Å². The zero-order valence-corrected chi connectivity index (χ0v) is 21.2. The van der Waals surface area contributed by atoms with Crippen molar-refractivity contribution >= 4 is 49.8 Å². The summed E-state index contributed by atoms with van der Waals surface area (Å²) in [6.45, 7) is 1.96. The lowest BCUT2D eigenvalue weighted by Gasteiger charge is -2.19. The molecule has 3 N–H and O–H groups in total. The van der Waals surface area contributed by atoms with Crippen molar-refractivity contribution in [3.05, 3.63) is 84.7 Å². The van der Waals surface area contributed by atoms with Crippen LogP contribution < -0.4 is 19.7 Å². The van der Waals surface area contributed by atoms with Crippen LogP contribution in [0.2, 0.25) is 0 Å². The molecule has 0 amide bonds. The maximum Gasteiger partial charge on any atom is 0.261 e. The Hall–Kier alpha value is -4.64. The highest BCUT2D eigenvalue weighted by molar-refractivity contribution is 7.92. The van der Waals surface area contributed by atoms with Crippen molar-refractivity contribution in [1.82, 2.24) is 20.2 Å². The van der Waals surface area contributed by atoms with Gasteiger partial charge in [-0.1, -0.05) is 6.07 Å². The average Bonchev–Trinajstić information content (AvgIpc) is 3.28. The van der Waals surface area contributed by atoms with Gasteiger partial charge in [0.2, 0.25) is 5.95 Å². The number of aryl methyl sites for hydroxylation is 1. The number of aromatic nitrogens is 4. The third-order valence-electron chi connectivity index (χ3n) is 5.85. The molecule has 0 saturated carbocycles. The van der Waals surface area contributed by atoms with Gasteiger partial charge in [-0.15, -0.1) is 0 Å². The predicted molar refractivity (Wildman–Crippen MR) is 144 cm³/mol. The van der Waals surface area contributed by atoms with Gasteiger partial charge in [0, 0.05) is 30.0 Å². The molecular weight excluding hydrogens is 490 g/mol. The number of rotatable bonds is 8. The number of benzene rings is 3. The van der Waals surface area contributed by atoms with Crippen LogP contribution in [0.1, 0.15) is 5.69 Å². The lowest BCUT2D eigenvalue weighted by Crippen LogP contribution is -2.13. The molecule has 10 nitrogen and oxygen atoms in total. The first-order valence-electron chi connectivity index (χ1n) is 11.4. The highest BCUT2D eigenvalue weighted by Crippen LogP contribution is 2.28. The number of H-pyrrole nitrogens is 1. The van der Waals surface area contributed by atoms with Crippen molar-refractivity contribution in [1.29, 1.82) is 0 Å². The van der Waals surface area contributed by atoms with Crippen molar-refractivity contribution in [2.45, 2.75) is 11.8 Å². The van der Waals surface area contributed by atoms with E-state index in [4.69, 9.17) is 4.74 Å². The summed E-state index contributed by atoms with van der Waals surface area (Å²) in [7, 11) is -0.321. The van der Waals surface area contributed by atoms with Gasteiger partial charge < -0.3 is 15.0 Å². The van der Waals surface area contributed by atoms with Crippen LogP contribution in [0.15, 0.2) is 83.9 Å². The predicted octanol–water partition coefficient (Wildman–Crippen LogP) is 4.98. The van der Waals surface area contributed by atoms with Crippen molar-refractivity contribution in [2.24, 2.45) is 0 Å². The van der Waals surface area contributed by atoms with Gasteiger partial charge in [-0.25, -0.2) is 13.4 Å². The van der Waals surface area contributed by atoms with E-state index in [0.29, 0.717) is 28.9 Å². The first-order chi connectivity index (χ1) is 17.8. The molecular formula is C26H25N7O3S. The Morgan fingerprint density at radius 2 is 1.76 bits per heavy atom. The molecule has 0 fully saturated rings. The number of nitrogens with zero attached hydrogens (tertiary/aromatic N) is 4. The fourth-order valence-electron chi connectivity index (χ4n) is 3.84. The van der Waals surface area contributed by atoms with E-state index < -0.39 is 10.0 Å². The van der Waals surface area contributed by atoms with Crippen LogP contribution in [-0.2, 0) is 10.0 Å². The van der Waals surface area contributed by atoms with Crippen LogP contribution >= 0.6 is 0 Å². The molecule has 0 aliphatic rings. The fourth-order valence-corrected chi connectivity index (χ4v) is 4.89. The maximum absolute atomic E-state index is 12.8. The second kappa shape index (κ2) is 9.78. The van der Waals surface area contributed by atoms with Gasteiger partial charge in [-0.2, -0.15) is 10.1 Å². The molecule has 0 atom stereocenters. The molecule has 188 valence electrons. The quantitative estimate of drug-likeness (QED) is 0.264. The minimum atomic E-state index is -3.77. The third kappa shape index (κ3) is 5.16. The smallest absolute Gasteiger partial charge is 0.261 e. The summed E-state index contributed by atoms with van der Waals surface area (Å²) in [4.78, 5) is 11.0. The Labute approximate surface area is 214 Å². The largest absolute Gasteiger partial charge is 0.497 e. The van der Waals surface area contributed by atoms with Gasteiger partial charge in [-0.05, 0) is 73.7 Å². The van der Waals surface area contributed by atoms with Gasteiger partial charge in [0.05, 0.1) is 28.9 Å². The van der Waals surface area contributed by atoms with Gasteiger partial charge >= 0.3 is 0 Å². The summed E-state index contributed by atoms with van der Waals surface area (Å²) in [5.74, 6) is 1.64. The first-order valence-corrected chi connectivity index (χ1v) is 12.9. The van der Waals surface area contributed by atoms with E-state index in [-0.39, 0.29) is 4.90 Å². The number of aromatic amines is 1. The second-order valence-corrected chi connectivity index (χ2v) is 10.0. The molecule has 0 aliphatic heterocycles. The summed E-state index contributed by atoms with van der Waals surface area (Å²) in [5, 5.41) is 11.5. The van der Waals surface area contributed by atoms with Crippen molar-refractivity contribution in [2.75, 3.05) is 29.1 Å². The Bertz CT molecular complexity index is 1670. The number of fused-ring (bicyclic) bond motifs is 1. The molecule has 2 aromatic heterocycles. The van der Waals surface area contributed by atoms with Gasteiger partial charge in [-0.3, -0.25) is 9.82 Å². The SMILES string of the molecule is COc1ccc(S(=O)(=O)Nc2cccc(Nc3nccc(N(C)c4ccc5c(C)n[nH]c5c4)n3)c2)cc1. The van der Waals surface area contributed by atoms with Crippen molar-refractivity contribution < 1.29 is 13.2 Å². The fraction of sp³-hybridized carbons (Fsp3) is 0.115. The number of sulfonamides is 1. The molecule has 0 radical (unpaired) electrons. The van der Waals surface area contributed by atoms with E-state index in [1.54, 1.807) is 42.6 Å². The van der Waals surface area contributed by atoms with Crippen LogP contribution in [0.5, 0.6) is 5.75 Å². The summed E-state index contributed by atoms with van der Waals surface area (Å²) in [5.41, 5.74) is 3.87. The van der Waals surface area contributed by atoms with Crippen LogP contribution in [0, 0.1) is 6.92 Å². The molecule has 5 aromatic rings. The van der Waals surface area contributed by atoms with Crippen LogP contribution in [0.3, 0.4) is 0 Å². The number of anilines is 5. The molecule has 5 rings (SSSR count). The lowest BCUT2D eigenvalue weighted by atomic mass is 10.2. The second-order valence-electron chi connectivity index (χ2n) is 8.32. The molecule has 2 heterocycles. The molecule has 0 unspecified atom stereocenters. The summed E-state index contributed by atoms with van der Waals surface area (Å²) in [6, 6.07) is 20.9. The zero-order valence-electron chi connectivity index (χ0n) is 20.4. The Balaban J connectivity index is 1.33. The number of nitrogens with one attached hydrogen (secondary N) is 3. The molecule has 37 heavy (non-hydrogen) atoms. The monoisotopic (exact) mass is 515 g/mol. The topological polar surface area (TPSA) is 125 Å². The van der Waals surface area contributed by atoms with E-state index >= 15 is 0 Å². The standard InChI is InChI=1S/C26H25N7O3S/c1-17-23-12-7-20(16-24(23)31-30-17)33(2)25-13-14-27-26(29-25)28-18-5-4-6-19(15-18)32-37(34,35)22-10-8-21(36-3)9-11-22/h4-16,32H,1-3H3,(H,30,31)(H,27,28,29). The molecule has 11 heteroatoms. The first kappa shape index (κ1) is 24.1. The summed E-state index contributed by atoms with van der Waals surface area (Å²) in [6.07, 6.45) is 1.66. The normalized spacial score (nSPS) is 11.3. The van der Waals surface area contributed by atoms with E-state index in [9.17, 15) is 8.42 Å². The number of ether oxygens (including phenoxy) is 1. The molecule has 0 spiro atoms.